The number of rotatable bonds is 3. The molecule has 4 rings (SSSR count). The van der Waals surface area contributed by atoms with E-state index < -0.39 is 17.8 Å². The molecule has 1 atom stereocenters. The lowest BCUT2D eigenvalue weighted by Crippen LogP contribution is -2.32. The predicted molar refractivity (Wildman–Crippen MR) is 101 cm³/mol. The number of fused-ring (bicyclic) bond motifs is 1. The van der Waals surface area contributed by atoms with Gasteiger partial charge in [0.15, 0.2) is 5.82 Å². The molecular weight excluding hydrogens is 369 g/mol. The molecule has 0 saturated heterocycles. The summed E-state index contributed by atoms with van der Waals surface area (Å²) in [4.78, 5) is 16.6. The van der Waals surface area contributed by atoms with Crippen LogP contribution in [0, 0.1) is 5.82 Å². The number of hydrogen-bond donors (Lipinski definition) is 2. The summed E-state index contributed by atoms with van der Waals surface area (Å²) in [5.41, 5.74) is 7.23. The molecule has 136 valence electrons. The lowest BCUT2D eigenvalue weighted by atomic mass is 9.95. The van der Waals surface area contributed by atoms with Gasteiger partial charge in [0.05, 0.1) is 10.6 Å². The number of anilines is 1. The first kappa shape index (κ1) is 17.2. The Morgan fingerprint density at radius 1 is 1.22 bits per heavy atom. The van der Waals surface area contributed by atoms with Crippen LogP contribution in [0.15, 0.2) is 59.8 Å². The molecule has 0 unspecified atom stereocenters. The van der Waals surface area contributed by atoms with E-state index in [9.17, 15) is 9.18 Å². The highest BCUT2D eigenvalue weighted by molar-refractivity contribution is 6.33. The van der Waals surface area contributed by atoms with Crippen molar-refractivity contribution in [3.05, 3.63) is 76.2 Å². The van der Waals surface area contributed by atoms with E-state index in [0.717, 1.165) is 0 Å². The normalized spacial score (nSPS) is 16.0. The van der Waals surface area contributed by atoms with Crippen LogP contribution in [-0.2, 0) is 4.79 Å². The smallest absolute Gasteiger partial charge is 0.248 e. The van der Waals surface area contributed by atoms with Crippen LogP contribution in [0.2, 0.25) is 5.02 Å². The minimum Gasteiger partial charge on any atom is -0.366 e. The third kappa shape index (κ3) is 2.86. The molecule has 0 radical (unpaired) electrons. The number of halogens is 2. The molecule has 1 aliphatic rings. The summed E-state index contributed by atoms with van der Waals surface area (Å²) in [6.45, 7) is 1.70. The van der Waals surface area contributed by atoms with Crippen molar-refractivity contribution in [2.45, 2.75) is 13.0 Å². The van der Waals surface area contributed by atoms with Crippen LogP contribution in [-0.4, -0.2) is 20.7 Å². The minimum absolute atomic E-state index is 0.225. The van der Waals surface area contributed by atoms with Gasteiger partial charge in [0.1, 0.15) is 11.9 Å². The summed E-state index contributed by atoms with van der Waals surface area (Å²) >= 11 is 6.25. The van der Waals surface area contributed by atoms with E-state index in [2.05, 4.69) is 15.4 Å². The largest absolute Gasteiger partial charge is 0.366 e. The van der Waals surface area contributed by atoms with Gasteiger partial charge in [0.25, 0.3) is 0 Å². The monoisotopic (exact) mass is 383 g/mol. The second-order valence-electron chi connectivity index (χ2n) is 6.14. The third-order valence-corrected chi connectivity index (χ3v) is 4.76. The predicted octanol–water partition coefficient (Wildman–Crippen LogP) is 3.51. The number of aromatic nitrogens is 3. The molecule has 0 saturated carbocycles. The van der Waals surface area contributed by atoms with Gasteiger partial charge in [0.2, 0.25) is 11.9 Å². The summed E-state index contributed by atoms with van der Waals surface area (Å²) in [6.07, 6.45) is 0. The molecule has 1 aromatic heterocycles. The zero-order valence-electron chi connectivity index (χ0n) is 14.3. The highest BCUT2D eigenvalue weighted by atomic mass is 35.5. The van der Waals surface area contributed by atoms with Crippen molar-refractivity contribution >= 4 is 23.5 Å². The van der Waals surface area contributed by atoms with Crippen LogP contribution in [0.25, 0.3) is 11.4 Å². The summed E-state index contributed by atoms with van der Waals surface area (Å²) in [5.74, 6) is -0.381. The molecule has 0 fully saturated rings. The highest BCUT2D eigenvalue weighted by Gasteiger charge is 2.34. The molecule has 0 spiro atoms. The van der Waals surface area contributed by atoms with E-state index in [1.165, 1.54) is 10.7 Å². The molecule has 3 aromatic rings. The minimum atomic E-state index is -0.830. The maximum Gasteiger partial charge on any atom is 0.248 e. The maximum atomic E-state index is 14.5. The standard InChI is InChI=1S/C19H15ClFN5O/c1-10-15(17(22)27)16(12-7-3-5-9-14(12)21)26-19(23-10)24-18(25-26)11-6-2-4-8-13(11)20/h2-9,16H,1H3,(H2,22,27)(H,23,24,25)/t16-/m0/s1. The Labute approximate surface area is 159 Å². The van der Waals surface area contributed by atoms with Gasteiger partial charge in [-0.1, -0.05) is 41.9 Å². The van der Waals surface area contributed by atoms with Crippen molar-refractivity contribution in [2.24, 2.45) is 5.73 Å². The highest BCUT2D eigenvalue weighted by Crippen LogP contribution is 2.37. The van der Waals surface area contributed by atoms with E-state index in [4.69, 9.17) is 17.3 Å². The fraction of sp³-hybridized carbons (Fsp3) is 0.105. The summed E-state index contributed by atoms with van der Waals surface area (Å²) < 4.78 is 16.0. The first-order valence-corrected chi connectivity index (χ1v) is 8.58. The number of primary amides is 1. The fourth-order valence-electron chi connectivity index (χ4n) is 3.21. The number of nitrogens with zero attached hydrogens (tertiary/aromatic N) is 3. The molecule has 0 aliphatic carbocycles. The first-order valence-electron chi connectivity index (χ1n) is 8.21. The molecule has 1 amide bonds. The van der Waals surface area contributed by atoms with Gasteiger partial charge in [-0.25, -0.2) is 9.07 Å². The molecule has 27 heavy (non-hydrogen) atoms. The summed E-state index contributed by atoms with van der Waals surface area (Å²) in [7, 11) is 0. The van der Waals surface area contributed by atoms with Gasteiger partial charge in [-0.3, -0.25) is 4.79 Å². The van der Waals surface area contributed by atoms with Crippen LogP contribution in [0.5, 0.6) is 0 Å². The maximum absolute atomic E-state index is 14.5. The Morgan fingerprint density at radius 2 is 1.93 bits per heavy atom. The second kappa shape index (κ2) is 6.51. The van der Waals surface area contributed by atoms with Crippen LogP contribution >= 0.6 is 11.6 Å². The Balaban J connectivity index is 1.93. The Kier molecular flexibility index (Phi) is 4.16. The Hall–Kier alpha value is -3.19. The molecule has 0 bridgehead atoms. The van der Waals surface area contributed by atoms with Crippen LogP contribution in [0.4, 0.5) is 10.3 Å². The lowest BCUT2D eigenvalue weighted by Gasteiger charge is -2.27. The van der Waals surface area contributed by atoms with E-state index in [-0.39, 0.29) is 11.1 Å². The van der Waals surface area contributed by atoms with Crippen LogP contribution in [0.1, 0.15) is 18.5 Å². The quantitative estimate of drug-likeness (QED) is 0.724. The van der Waals surface area contributed by atoms with Gasteiger partial charge in [-0.15, -0.1) is 5.10 Å². The molecule has 8 heteroatoms. The molecule has 1 aliphatic heterocycles. The number of amides is 1. The number of carbonyl (C=O) groups is 1. The SMILES string of the molecule is CC1=C(C(N)=O)[C@H](c2ccccc2F)n2nc(-c3ccccc3Cl)nc2N1. The second-order valence-corrected chi connectivity index (χ2v) is 6.54. The number of allylic oxidation sites excluding steroid dienone is 1. The van der Waals surface area contributed by atoms with E-state index in [0.29, 0.717) is 28.1 Å². The van der Waals surface area contributed by atoms with Gasteiger partial charge in [0, 0.05) is 16.8 Å². The number of nitrogens with one attached hydrogen (secondary N) is 1. The van der Waals surface area contributed by atoms with Crippen molar-refractivity contribution in [2.75, 3.05) is 5.32 Å². The summed E-state index contributed by atoms with van der Waals surface area (Å²) in [5, 5.41) is 8.01. The topological polar surface area (TPSA) is 85.8 Å². The number of nitrogens with two attached hydrogens (primary N) is 1. The fourth-order valence-corrected chi connectivity index (χ4v) is 3.43. The van der Waals surface area contributed by atoms with Crippen molar-refractivity contribution in [3.8, 4) is 11.4 Å². The van der Waals surface area contributed by atoms with Crippen molar-refractivity contribution in [3.63, 3.8) is 0 Å². The van der Waals surface area contributed by atoms with Crippen LogP contribution < -0.4 is 11.1 Å². The molecule has 2 aromatic carbocycles. The average Bonchev–Trinajstić information content (AvgIpc) is 3.04. The number of carbonyl (C=O) groups excluding carboxylic acids is 1. The lowest BCUT2D eigenvalue weighted by molar-refractivity contribution is -0.115. The molecule has 3 N–H and O–H groups in total. The number of benzene rings is 2. The van der Waals surface area contributed by atoms with E-state index in [1.807, 2.05) is 6.07 Å². The summed E-state index contributed by atoms with van der Waals surface area (Å²) in [6, 6.07) is 12.5. The van der Waals surface area contributed by atoms with Gasteiger partial charge < -0.3 is 11.1 Å². The van der Waals surface area contributed by atoms with Crippen molar-refractivity contribution < 1.29 is 9.18 Å². The van der Waals surface area contributed by atoms with Crippen LogP contribution in [0.3, 0.4) is 0 Å². The molecular formula is C19H15ClFN5O. The van der Waals surface area contributed by atoms with Gasteiger partial charge >= 0.3 is 0 Å². The Morgan fingerprint density at radius 3 is 2.63 bits per heavy atom. The average molecular weight is 384 g/mol. The van der Waals surface area contributed by atoms with Gasteiger partial charge in [-0.05, 0) is 25.1 Å². The molecule has 6 nitrogen and oxygen atoms in total. The van der Waals surface area contributed by atoms with Crippen molar-refractivity contribution in [1.82, 2.24) is 14.8 Å². The van der Waals surface area contributed by atoms with E-state index >= 15 is 0 Å². The first-order chi connectivity index (χ1) is 13.0. The number of hydrogen-bond acceptors (Lipinski definition) is 4. The van der Waals surface area contributed by atoms with Crippen molar-refractivity contribution in [1.29, 1.82) is 0 Å². The Bertz CT molecular complexity index is 1090. The third-order valence-electron chi connectivity index (χ3n) is 4.43. The van der Waals surface area contributed by atoms with E-state index in [1.54, 1.807) is 43.3 Å². The zero-order valence-corrected chi connectivity index (χ0v) is 15.0. The molecule has 2 heterocycles. The van der Waals surface area contributed by atoms with Gasteiger partial charge in [-0.2, -0.15) is 4.98 Å². The zero-order chi connectivity index (χ0) is 19.1.